The van der Waals surface area contributed by atoms with Crippen LogP contribution in [0.1, 0.15) is 50.2 Å². The molecule has 1 aromatic rings. The zero-order valence-corrected chi connectivity index (χ0v) is 24.2. The molecule has 8 heteroatoms. The van der Waals surface area contributed by atoms with Crippen molar-refractivity contribution in [1.82, 2.24) is 9.80 Å². The summed E-state index contributed by atoms with van der Waals surface area (Å²) in [7, 11) is 0. The summed E-state index contributed by atoms with van der Waals surface area (Å²) in [6, 6.07) is 5.47. The summed E-state index contributed by atoms with van der Waals surface area (Å²) in [5.41, 5.74) is 2.98. The Kier molecular flexibility index (Phi) is 8.24. The van der Waals surface area contributed by atoms with Crippen LogP contribution in [0, 0.1) is 25.7 Å². The fraction of sp³-hybridized carbons (Fsp3) is 0.581. The molecule has 1 spiro atoms. The minimum Gasteiger partial charge on any atom is -0.396 e. The summed E-state index contributed by atoms with van der Waals surface area (Å²) in [5, 5.41) is 9.05. The average molecular weight is 552 g/mol. The molecule has 7 nitrogen and oxygen atoms in total. The van der Waals surface area contributed by atoms with Gasteiger partial charge in [0.25, 0.3) is 5.91 Å². The highest BCUT2D eigenvalue weighted by Crippen LogP contribution is 2.61. The number of aliphatic hydroxyl groups is 1. The standard InChI is InChI=1S/C31H41N3O4S/c1-4-15-32-16-9-11-24-25(28(32)36)26-29(37)34(17-7-5-6-8-19-35)27-30(38)33(18-10-14-31(26,27)39-24)23-20-21(2)12-13-22(23)3/h9-14,20,24-27,35H,4-8,15-19H2,1-3H3/t24-,25+,26+,27?,31+/m1/s1. The van der Waals surface area contributed by atoms with E-state index >= 15 is 0 Å². The fourth-order valence-corrected chi connectivity index (χ4v) is 8.88. The van der Waals surface area contributed by atoms with Crippen LogP contribution < -0.4 is 4.90 Å². The van der Waals surface area contributed by atoms with Crippen LogP contribution in [0.4, 0.5) is 5.69 Å². The van der Waals surface area contributed by atoms with E-state index < -0.39 is 22.6 Å². The molecule has 210 valence electrons. The maximum absolute atomic E-state index is 14.6. The lowest BCUT2D eigenvalue weighted by atomic mass is 9.78. The van der Waals surface area contributed by atoms with Crippen molar-refractivity contribution in [3.8, 4) is 0 Å². The summed E-state index contributed by atoms with van der Waals surface area (Å²) in [4.78, 5) is 48.3. The summed E-state index contributed by atoms with van der Waals surface area (Å²) in [6.07, 6.45) is 12.4. The van der Waals surface area contributed by atoms with E-state index in [0.717, 1.165) is 48.9 Å². The van der Waals surface area contributed by atoms with Gasteiger partial charge in [0.15, 0.2) is 0 Å². The monoisotopic (exact) mass is 551 g/mol. The summed E-state index contributed by atoms with van der Waals surface area (Å²) in [5.74, 6) is -1.13. The number of fused-ring (bicyclic) bond motifs is 2. The molecule has 5 atom stereocenters. The van der Waals surface area contributed by atoms with Crippen LogP contribution in [0.15, 0.2) is 42.5 Å². The minimum absolute atomic E-state index is 0.0367. The predicted octanol–water partition coefficient (Wildman–Crippen LogP) is 3.86. The van der Waals surface area contributed by atoms with Crippen LogP contribution in [0.25, 0.3) is 0 Å². The number of aryl methyl sites for hydroxylation is 2. The van der Waals surface area contributed by atoms with Crippen molar-refractivity contribution in [2.24, 2.45) is 11.8 Å². The van der Waals surface area contributed by atoms with Crippen molar-refractivity contribution in [3.63, 3.8) is 0 Å². The number of benzene rings is 1. The van der Waals surface area contributed by atoms with Gasteiger partial charge in [0.05, 0.1) is 16.6 Å². The van der Waals surface area contributed by atoms with Gasteiger partial charge in [0.1, 0.15) is 6.04 Å². The van der Waals surface area contributed by atoms with Crippen molar-refractivity contribution in [3.05, 3.63) is 53.6 Å². The number of rotatable bonds is 9. The molecule has 0 aromatic heterocycles. The van der Waals surface area contributed by atoms with Gasteiger partial charge in [-0.2, -0.15) is 0 Å². The Bertz CT molecular complexity index is 1180. The zero-order valence-electron chi connectivity index (χ0n) is 23.3. The van der Waals surface area contributed by atoms with Crippen LogP contribution in [0.5, 0.6) is 0 Å². The first-order chi connectivity index (χ1) is 18.8. The minimum atomic E-state index is -0.781. The first-order valence-electron chi connectivity index (χ1n) is 14.4. The van der Waals surface area contributed by atoms with Crippen LogP contribution in [-0.4, -0.2) is 81.5 Å². The van der Waals surface area contributed by atoms with Gasteiger partial charge in [-0.25, -0.2) is 0 Å². The number of carbonyl (C=O) groups excluding carboxylic acids is 3. The highest BCUT2D eigenvalue weighted by molar-refractivity contribution is 8.02. The molecular formula is C31H41N3O4S. The topological polar surface area (TPSA) is 81.2 Å². The number of likely N-dealkylation sites (tertiary alicyclic amines) is 1. The highest BCUT2D eigenvalue weighted by atomic mass is 32.2. The lowest BCUT2D eigenvalue weighted by Gasteiger charge is -2.35. The Morgan fingerprint density at radius 2 is 1.77 bits per heavy atom. The molecule has 5 rings (SSSR count). The number of anilines is 1. The number of hydrogen-bond acceptors (Lipinski definition) is 5. The Labute approximate surface area is 236 Å². The maximum atomic E-state index is 14.6. The van der Waals surface area contributed by atoms with Gasteiger partial charge in [0.2, 0.25) is 11.8 Å². The van der Waals surface area contributed by atoms with Crippen LogP contribution >= 0.6 is 11.8 Å². The van der Waals surface area contributed by atoms with Crippen LogP contribution in [-0.2, 0) is 14.4 Å². The highest BCUT2D eigenvalue weighted by Gasteiger charge is 2.70. The number of unbranched alkanes of at least 4 members (excludes halogenated alkanes) is 3. The van der Waals surface area contributed by atoms with Crippen molar-refractivity contribution in [2.45, 2.75) is 68.9 Å². The second-order valence-electron chi connectivity index (χ2n) is 11.4. The molecule has 2 saturated heterocycles. The first kappa shape index (κ1) is 28.0. The molecule has 0 bridgehead atoms. The number of hydrogen-bond donors (Lipinski definition) is 1. The van der Waals surface area contributed by atoms with Crippen molar-refractivity contribution >= 4 is 35.2 Å². The van der Waals surface area contributed by atoms with Crippen LogP contribution in [0.3, 0.4) is 0 Å². The normalized spacial score (nSPS) is 29.9. The average Bonchev–Trinajstić information content (AvgIpc) is 3.23. The lowest BCUT2D eigenvalue weighted by Crippen LogP contribution is -2.53. The largest absolute Gasteiger partial charge is 0.396 e. The van der Waals surface area contributed by atoms with Crippen molar-refractivity contribution in [1.29, 1.82) is 0 Å². The van der Waals surface area contributed by atoms with Gasteiger partial charge in [-0.3, -0.25) is 14.4 Å². The smallest absolute Gasteiger partial charge is 0.251 e. The number of aliphatic hydroxyl groups excluding tert-OH is 1. The lowest BCUT2D eigenvalue weighted by molar-refractivity contribution is -0.142. The molecule has 39 heavy (non-hydrogen) atoms. The summed E-state index contributed by atoms with van der Waals surface area (Å²) < 4.78 is -0.781. The van der Waals surface area contributed by atoms with Gasteiger partial charge >= 0.3 is 0 Å². The zero-order chi connectivity index (χ0) is 27.7. The second-order valence-corrected chi connectivity index (χ2v) is 12.9. The molecule has 0 saturated carbocycles. The van der Waals surface area contributed by atoms with Crippen molar-refractivity contribution < 1.29 is 19.5 Å². The SMILES string of the molecule is CCCN1CC=C[C@H]2S[C@]34C=CCN(c5cc(C)ccc5C)C(=O)C3N(CCCCCCO)C(=O)[C@@H]4[C@H]2C1=O. The van der Waals surface area contributed by atoms with E-state index in [2.05, 4.69) is 25.2 Å². The van der Waals surface area contributed by atoms with Gasteiger partial charge in [-0.1, -0.05) is 56.2 Å². The molecular weight excluding hydrogens is 510 g/mol. The Morgan fingerprint density at radius 1 is 0.974 bits per heavy atom. The van der Waals surface area contributed by atoms with E-state index in [0.29, 0.717) is 26.2 Å². The molecule has 4 aliphatic heterocycles. The van der Waals surface area contributed by atoms with E-state index in [1.165, 1.54) is 0 Å². The van der Waals surface area contributed by atoms with Gasteiger partial charge in [-0.15, -0.1) is 11.8 Å². The molecule has 0 radical (unpaired) electrons. The van der Waals surface area contributed by atoms with E-state index in [-0.39, 0.29) is 29.6 Å². The molecule has 3 amide bonds. The number of thioether (sulfide) groups is 1. The van der Waals surface area contributed by atoms with E-state index in [1.54, 1.807) is 16.7 Å². The molecule has 1 aromatic carbocycles. The number of amides is 3. The Balaban J connectivity index is 1.55. The quantitative estimate of drug-likeness (QED) is 0.372. The van der Waals surface area contributed by atoms with E-state index in [4.69, 9.17) is 0 Å². The van der Waals surface area contributed by atoms with E-state index in [9.17, 15) is 19.5 Å². The predicted molar refractivity (Wildman–Crippen MR) is 156 cm³/mol. The summed E-state index contributed by atoms with van der Waals surface area (Å²) in [6.45, 7) is 8.42. The second kappa shape index (κ2) is 11.5. The summed E-state index contributed by atoms with van der Waals surface area (Å²) >= 11 is 1.65. The van der Waals surface area contributed by atoms with E-state index in [1.807, 2.05) is 47.9 Å². The van der Waals surface area contributed by atoms with Gasteiger partial charge in [-0.05, 0) is 50.3 Å². The van der Waals surface area contributed by atoms with Crippen molar-refractivity contribution in [2.75, 3.05) is 37.7 Å². The molecule has 2 fully saturated rings. The van der Waals surface area contributed by atoms with Gasteiger partial charge < -0.3 is 19.8 Å². The molecule has 4 heterocycles. The van der Waals surface area contributed by atoms with Crippen LogP contribution in [0.2, 0.25) is 0 Å². The number of nitrogens with zero attached hydrogens (tertiary/aromatic N) is 3. The molecule has 1 unspecified atom stereocenters. The third-order valence-corrected chi connectivity index (χ3v) is 10.4. The molecule has 1 N–H and O–H groups in total. The molecule has 4 aliphatic rings. The fourth-order valence-electron chi connectivity index (χ4n) is 6.87. The Hall–Kier alpha value is -2.58. The molecule has 0 aliphatic carbocycles. The third kappa shape index (κ3) is 4.84. The maximum Gasteiger partial charge on any atom is 0.251 e. The number of carbonyl (C=O) groups is 3. The first-order valence-corrected chi connectivity index (χ1v) is 15.3. The third-order valence-electron chi connectivity index (χ3n) is 8.70. The van der Waals surface area contributed by atoms with Gasteiger partial charge in [0, 0.05) is 43.7 Å². The Morgan fingerprint density at radius 3 is 2.54 bits per heavy atom.